The molecule has 1 aromatic carbocycles. The molecule has 0 aliphatic rings. The predicted molar refractivity (Wildman–Crippen MR) is 102 cm³/mol. The maximum absolute atomic E-state index is 11.8. The number of thioether (sulfide) groups is 1. The molecule has 0 radical (unpaired) electrons. The summed E-state index contributed by atoms with van der Waals surface area (Å²) < 4.78 is 1.00. The van der Waals surface area contributed by atoms with Crippen molar-refractivity contribution in [2.75, 3.05) is 0 Å². The summed E-state index contributed by atoms with van der Waals surface area (Å²) in [4.78, 5) is 33.0. The van der Waals surface area contributed by atoms with Crippen molar-refractivity contribution in [3.05, 3.63) is 40.4 Å². The molecule has 0 aliphatic heterocycles. The Morgan fingerprint density at radius 3 is 2.42 bits per heavy atom. The van der Waals surface area contributed by atoms with Crippen LogP contribution in [-0.2, 0) is 9.59 Å². The lowest BCUT2D eigenvalue weighted by molar-refractivity contribution is -0.123. The van der Waals surface area contributed by atoms with Gasteiger partial charge in [0.25, 0.3) is 0 Å². The highest BCUT2D eigenvalue weighted by molar-refractivity contribution is 9.10. The first-order valence-corrected chi connectivity index (χ1v) is 9.68. The molecule has 0 atom stereocenters. The molecule has 3 aromatic rings. The number of hydrogen-bond donors (Lipinski definition) is 0. The van der Waals surface area contributed by atoms with Crippen LogP contribution in [0, 0.1) is 0 Å². The van der Waals surface area contributed by atoms with Crippen LogP contribution in [0.3, 0.4) is 0 Å². The van der Waals surface area contributed by atoms with E-state index in [1.165, 1.54) is 43.3 Å². The molecule has 0 unspecified atom stereocenters. The van der Waals surface area contributed by atoms with Gasteiger partial charge in [-0.15, -0.1) is 11.3 Å². The van der Waals surface area contributed by atoms with E-state index in [9.17, 15) is 9.59 Å². The van der Waals surface area contributed by atoms with E-state index in [4.69, 9.17) is 0 Å². The molecular weight excluding hydrogens is 408 g/mol. The van der Waals surface area contributed by atoms with Gasteiger partial charge in [0.2, 0.25) is 0 Å². The molecule has 3 rings (SSSR count). The zero-order valence-electron chi connectivity index (χ0n) is 12.9. The van der Waals surface area contributed by atoms with Gasteiger partial charge >= 0.3 is 0 Å². The second-order valence-electron chi connectivity index (χ2n) is 5.23. The van der Waals surface area contributed by atoms with Crippen molar-refractivity contribution in [1.82, 2.24) is 9.97 Å². The fraction of sp³-hybridized carbons (Fsp3) is 0.176. The van der Waals surface area contributed by atoms with Gasteiger partial charge in [0, 0.05) is 15.4 Å². The molecular formula is C17H13BrN2O2S2. The van der Waals surface area contributed by atoms with E-state index in [-0.39, 0.29) is 11.6 Å². The average Bonchev–Trinajstić information content (AvgIpc) is 2.97. The Kier molecular flexibility index (Phi) is 5.12. The van der Waals surface area contributed by atoms with Crippen LogP contribution >= 0.6 is 39.0 Å². The first-order valence-electron chi connectivity index (χ1n) is 7.13. The first kappa shape index (κ1) is 17.3. The third-order valence-electron chi connectivity index (χ3n) is 3.46. The highest BCUT2D eigenvalue weighted by Crippen LogP contribution is 2.39. The van der Waals surface area contributed by atoms with Crippen LogP contribution in [0.2, 0.25) is 0 Å². The van der Waals surface area contributed by atoms with Gasteiger partial charge in [-0.05, 0) is 31.5 Å². The fourth-order valence-electron chi connectivity index (χ4n) is 2.34. The molecule has 122 valence electrons. The predicted octanol–water partition coefficient (Wildman–Crippen LogP) is 4.76. The number of carbonyl (C=O) groups excluding carboxylic acids is 2. The Hall–Kier alpha value is -1.57. The van der Waals surface area contributed by atoms with Gasteiger partial charge in [0.1, 0.15) is 21.4 Å². The summed E-state index contributed by atoms with van der Waals surface area (Å²) in [5, 5.41) is 2.85. The van der Waals surface area contributed by atoms with Crippen LogP contribution in [0.1, 0.15) is 13.8 Å². The number of rotatable bonds is 5. The third kappa shape index (κ3) is 3.43. The van der Waals surface area contributed by atoms with Crippen LogP contribution in [0.4, 0.5) is 0 Å². The molecule has 0 N–H and O–H groups in total. The molecule has 4 nitrogen and oxygen atoms in total. The number of aromatic nitrogens is 2. The SMILES string of the molecule is CC(=O)C(Sc1ncnc2scc(-c3ccc(Br)cc3)c12)C(C)=O. The smallest absolute Gasteiger partial charge is 0.150 e. The zero-order chi connectivity index (χ0) is 17.3. The van der Waals surface area contributed by atoms with Gasteiger partial charge in [-0.25, -0.2) is 9.97 Å². The summed E-state index contributed by atoms with van der Waals surface area (Å²) in [6, 6.07) is 7.98. The molecule has 0 saturated heterocycles. The minimum Gasteiger partial charge on any atom is -0.298 e. The summed E-state index contributed by atoms with van der Waals surface area (Å²) in [5.74, 6) is -0.334. The highest BCUT2D eigenvalue weighted by atomic mass is 79.9. The molecule has 0 fully saturated rings. The monoisotopic (exact) mass is 420 g/mol. The van der Waals surface area contributed by atoms with Crippen molar-refractivity contribution in [3.8, 4) is 11.1 Å². The van der Waals surface area contributed by atoms with Gasteiger partial charge in [0.05, 0.1) is 5.39 Å². The van der Waals surface area contributed by atoms with E-state index >= 15 is 0 Å². The molecule has 0 amide bonds. The minimum atomic E-state index is -0.735. The number of halogens is 1. The number of nitrogens with zero attached hydrogens (tertiary/aromatic N) is 2. The summed E-state index contributed by atoms with van der Waals surface area (Å²) in [6.07, 6.45) is 1.48. The Morgan fingerprint density at radius 2 is 1.79 bits per heavy atom. The Morgan fingerprint density at radius 1 is 1.12 bits per heavy atom. The van der Waals surface area contributed by atoms with Gasteiger partial charge in [0.15, 0.2) is 11.6 Å². The summed E-state index contributed by atoms with van der Waals surface area (Å²) in [6.45, 7) is 2.86. The normalized spacial score (nSPS) is 11.2. The molecule has 2 aromatic heterocycles. The molecule has 7 heteroatoms. The fourth-order valence-corrected chi connectivity index (χ4v) is 4.58. The van der Waals surface area contributed by atoms with E-state index in [2.05, 4.69) is 25.9 Å². The summed E-state index contributed by atoms with van der Waals surface area (Å²) in [5.41, 5.74) is 2.06. The lowest BCUT2D eigenvalue weighted by Crippen LogP contribution is -2.22. The van der Waals surface area contributed by atoms with E-state index in [0.717, 1.165) is 25.8 Å². The van der Waals surface area contributed by atoms with Crippen molar-refractivity contribution in [3.63, 3.8) is 0 Å². The Labute approximate surface area is 155 Å². The number of benzene rings is 1. The molecule has 0 bridgehead atoms. The van der Waals surface area contributed by atoms with Gasteiger partial charge in [-0.1, -0.05) is 39.8 Å². The van der Waals surface area contributed by atoms with Crippen LogP contribution in [0.25, 0.3) is 21.3 Å². The van der Waals surface area contributed by atoms with Crippen LogP contribution in [-0.4, -0.2) is 26.8 Å². The third-order valence-corrected chi connectivity index (χ3v) is 6.31. The van der Waals surface area contributed by atoms with Crippen LogP contribution in [0.15, 0.2) is 45.5 Å². The van der Waals surface area contributed by atoms with Crippen molar-refractivity contribution >= 4 is 60.8 Å². The number of ketones is 2. The lowest BCUT2D eigenvalue weighted by Gasteiger charge is -2.10. The summed E-state index contributed by atoms with van der Waals surface area (Å²) in [7, 11) is 0. The van der Waals surface area contributed by atoms with Gasteiger partial charge < -0.3 is 0 Å². The Balaban J connectivity index is 2.12. The molecule has 0 aliphatic carbocycles. The second-order valence-corrected chi connectivity index (χ2v) is 8.10. The quantitative estimate of drug-likeness (QED) is 0.338. The highest BCUT2D eigenvalue weighted by Gasteiger charge is 2.24. The minimum absolute atomic E-state index is 0.167. The number of carbonyl (C=O) groups is 2. The van der Waals surface area contributed by atoms with E-state index in [1.807, 2.05) is 29.6 Å². The maximum atomic E-state index is 11.8. The van der Waals surface area contributed by atoms with E-state index in [1.54, 1.807) is 0 Å². The molecule has 0 spiro atoms. The van der Waals surface area contributed by atoms with Crippen molar-refractivity contribution < 1.29 is 9.59 Å². The van der Waals surface area contributed by atoms with Crippen molar-refractivity contribution in [2.45, 2.75) is 24.1 Å². The van der Waals surface area contributed by atoms with Crippen LogP contribution in [0.5, 0.6) is 0 Å². The molecule has 0 saturated carbocycles. The molecule has 24 heavy (non-hydrogen) atoms. The number of hydrogen-bond acceptors (Lipinski definition) is 6. The topological polar surface area (TPSA) is 59.9 Å². The summed E-state index contributed by atoms with van der Waals surface area (Å²) >= 11 is 6.16. The average molecular weight is 421 g/mol. The standard InChI is InChI=1S/C17H13BrN2O2S2/c1-9(21)15(10(2)22)24-17-14-13(7-23-16(14)19-8-20-17)11-3-5-12(18)6-4-11/h3-8,15H,1-2H3. The van der Waals surface area contributed by atoms with Crippen molar-refractivity contribution in [2.24, 2.45) is 0 Å². The first-order chi connectivity index (χ1) is 11.5. The molecule has 2 heterocycles. The van der Waals surface area contributed by atoms with Crippen LogP contribution < -0.4 is 0 Å². The number of Topliss-reactive ketones (excluding diaryl/α,β-unsaturated/α-hetero) is 2. The van der Waals surface area contributed by atoms with Crippen molar-refractivity contribution in [1.29, 1.82) is 0 Å². The largest absolute Gasteiger partial charge is 0.298 e. The number of thiophene rings is 1. The van der Waals surface area contributed by atoms with Gasteiger partial charge in [-0.3, -0.25) is 9.59 Å². The number of fused-ring (bicyclic) bond motifs is 1. The lowest BCUT2D eigenvalue weighted by atomic mass is 10.1. The zero-order valence-corrected chi connectivity index (χ0v) is 16.2. The maximum Gasteiger partial charge on any atom is 0.150 e. The second kappa shape index (κ2) is 7.13. The van der Waals surface area contributed by atoms with E-state index < -0.39 is 5.25 Å². The van der Waals surface area contributed by atoms with E-state index in [0.29, 0.717) is 5.03 Å². The van der Waals surface area contributed by atoms with Gasteiger partial charge in [-0.2, -0.15) is 0 Å². The Bertz CT molecular complexity index is 908.